The largest absolute Gasteiger partial charge is 0.466 e. The summed E-state index contributed by atoms with van der Waals surface area (Å²) in [5.41, 5.74) is 0.660. The molecule has 1 aromatic carbocycles. The maximum Gasteiger partial charge on any atom is 0.309 e. The fraction of sp³-hybridized carbons (Fsp3) is 0.389. The summed E-state index contributed by atoms with van der Waals surface area (Å²) in [6.45, 7) is 3.40. The van der Waals surface area contributed by atoms with Crippen molar-refractivity contribution in [2.45, 2.75) is 19.8 Å². The van der Waals surface area contributed by atoms with Crippen molar-refractivity contribution in [1.82, 2.24) is 4.90 Å². The molecular weight excluding hydrogens is 386 g/mol. The quantitative estimate of drug-likeness (QED) is 0.462. The van der Waals surface area contributed by atoms with Gasteiger partial charge in [0.05, 0.1) is 12.5 Å². The van der Waals surface area contributed by atoms with Gasteiger partial charge < -0.3 is 15.0 Å². The van der Waals surface area contributed by atoms with Gasteiger partial charge in [0.1, 0.15) is 11.6 Å². The lowest BCUT2D eigenvalue weighted by molar-refractivity contribution is -0.149. The Labute approximate surface area is 155 Å². The van der Waals surface area contributed by atoms with Crippen molar-refractivity contribution in [3.63, 3.8) is 0 Å². The van der Waals surface area contributed by atoms with E-state index in [4.69, 9.17) is 4.74 Å². The van der Waals surface area contributed by atoms with Crippen molar-refractivity contribution in [2.24, 2.45) is 5.92 Å². The average molecular weight is 406 g/mol. The van der Waals surface area contributed by atoms with E-state index in [-0.39, 0.29) is 17.5 Å². The summed E-state index contributed by atoms with van der Waals surface area (Å²) < 4.78 is 5.95. The molecule has 1 aromatic rings. The summed E-state index contributed by atoms with van der Waals surface area (Å²) in [6.07, 6.45) is 2.88. The predicted molar refractivity (Wildman–Crippen MR) is 97.4 cm³/mol. The Hall–Kier alpha value is -2.33. The average Bonchev–Trinajstić information content (AvgIpc) is 2.62. The summed E-state index contributed by atoms with van der Waals surface area (Å²) in [5, 5.41) is 12.0. The third-order valence-electron chi connectivity index (χ3n) is 3.93. The molecule has 0 atom stereocenters. The molecule has 0 aliphatic carbocycles. The van der Waals surface area contributed by atoms with Crippen molar-refractivity contribution >= 4 is 33.5 Å². The van der Waals surface area contributed by atoms with Crippen LogP contribution in [0.2, 0.25) is 0 Å². The van der Waals surface area contributed by atoms with E-state index in [1.165, 1.54) is 0 Å². The number of rotatable bonds is 5. The predicted octanol–water partition coefficient (Wildman–Crippen LogP) is 3.07. The fourth-order valence-electron chi connectivity index (χ4n) is 2.58. The highest BCUT2D eigenvalue weighted by Gasteiger charge is 2.25. The Morgan fingerprint density at radius 2 is 2.00 bits per heavy atom. The highest BCUT2D eigenvalue weighted by molar-refractivity contribution is 9.10. The first-order valence-corrected chi connectivity index (χ1v) is 8.92. The summed E-state index contributed by atoms with van der Waals surface area (Å²) in [6, 6.07) is 9.07. The number of hydrogen-bond donors (Lipinski definition) is 1. The molecular formula is C18H20BrN3O3. The Bertz CT molecular complexity index is 687. The lowest BCUT2D eigenvalue weighted by Gasteiger charge is -2.30. The summed E-state index contributed by atoms with van der Waals surface area (Å²) in [4.78, 5) is 25.9. The number of nitriles is 1. The third kappa shape index (κ3) is 5.61. The van der Waals surface area contributed by atoms with Gasteiger partial charge >= 0.3 is 5.97 Å². The molecule has 25 heavy (non-hydrogen) atoms. The molecule has 6 nitrogen and oxygen atoms in total. The van der Waals surface area contributed by atoms with E-state index >= 15 is 0 Å². The number of esters is 1. The number of carbonyl (C=O) groups is 2. The van der Waals surface area contributed by atoms with Crippen molar-refractivity contribution in [3.05, 3.63) is 40.5 Å². The first-order valence-electron chi connectivity index (χ1n) is 8.13. The number of anilines is 1. The molecule has 1 amide bonds. The van der Waals surface area contributed by atoms with Crippen LogP contribution >= 0.6 is 15.9 Å². The van der Waals surface area contributed by atoms with Crippen LogP contribution in [0.1, 0.15) is 19.8 Å². The van der Waals surface area contributed by atoms with Gasteiger partial charge in [-0.3, -0.25) is 9.59 Å². The second kappa shape index (κ2) is 9.23. The van der Waals surface area contributed by atoms with E-state index in [1.807, 2.05) is 23.1 Å². The van der Waals surface area contributed by atoms with E-state index in [0.717, 1.165) is 4.47 Å². The molecule has 0 bridgehead atoms. The smallest absolute Gasteiger partial charge is 0.309 e. The first-order chi connectivity index (χ1) is 12.0. The minimum absolute atomic E-state index is 0.0394. The Morgan fingerprint density at radius 1 is 1.36 bits per heavy atom. The highest BCUT2D eigenvalue weighted by atomic mass is 79.9. The molecule has 132 valence electrons. The molecule has 0 aromatic heterocycles. The summed E-state index contributed by atoms with van der Waals surface area (Å²) in [5.74, 6) is -0.719. The van der Waals surface area contributed by atoms with Crippen LogP contribution in [-0.2, 0) is 14.3 Å². The van der Waals surface area contributed by atoms with Gasteiger partial charge in [0.15, 0.2) is 0 Å². The van der Waals surface area contributed by atoms with Crippen molar-refractivity contribution in [3.8, 4) is 6.07 Å². The van der Waals surface area contributed by atoms with E-state index < -0.39 is 5.91 Å². The highest BCUT2D eigenvalue weighted by Crippen LogP contribution is 2.20. The Kier molecular flexibility index (Phi) is 7.02. The number of hydrogen-bond acceptors (Lipinski definition) is 5. The topological polar surface area (TPSA) is 82.4 Å². The molecule has 0 radical (unpaired) electrons. The maximum atomic E-state index is 12.2. The van der Waals surface area contributed by atoms with E-state index in [9.17, 15) is 14.9 Å². The summed E-state index contributed by atoms with van der Waals surface area (Å²) >= 11 is 3.33. The molecule has 1 fully saturated rings. The minimum atomic E-state index is -0.447. The second-order valence-electron chi connectivity index (χ2n) is 5.68. The van der Waals surface area contributed by atoms with Crippen LogP contribution < -0.4 is 5.32 Å². The molecule has 1 heterocycles. The fourth-order valence-corrected chi connectivity index (χ4v) is 2.84. The lowest BCUT2D eigenvalue weighted by atomic mass is 9.97. The number of likely N-dealkylation sites (tertiary alicyclic amines) is 1. The zero-order valence-electron chi connectivity index (χ0n) is 14.0. The summed E-state index contributed by atoms with van der Waals surface area (Å²) in [7, 11) is 0. The van der Waals surface area contributed by atoms with E-state index in [2.05, 4.69) is 21.2 Å². The van der Waals surface area contributed by atoms with Crippen LogP contribution in [0.5, 0.6) is 0 Å². The molecule has 0 unspecified atom stereocenters. The molecule has 7 heteroatoms. The number of nitrogens with one attached hydrogen (secondary N) is 1. The number of ether oxygens (including phenoxy) is 1. The van der Waals surface area contributed by atoms with Crippen LogP contribution in [0.4, 0.5) is 5.69 Å². The first kappa shape index (κ1) is 19.0. The monoisotopic (exact) mass is 405 g/mol. The second-order valence-corrected chi connectivity index (χ2v) is 6.59. The molecule has 2 rings (SSSR count). The number of halogens is 1. The Morgan fingerprint density at radius 3 is 2.56 bits per heavy atom. The van der Waals surface area contributed by atoms with Crippen LogP contribution in [0.15, 0.2) is 40.5 Å². The van der Waals surface area contributed by atoms with Gasteiger partial charge in [0.25, 0.3) is 5.91 Å². The molecule has 1 saturated heterocycles. The normalized spacial score (nSPS) is 15.4. The van der Waals surface area contributed by atoms with Gasteiger partial charge in [-0.25, -0.2) is 0 Å². The molecule has 1 aliphatic rings. The van der Waals surface area contributed by atoms with Gasteiger partial charge in [-0.15, -0.1) is 0 Å². The van der Waals surface area contributed by atoms with Crippen molar-refractivity contribution < 1.29 is 14.3 Å². The molecule has 1 N–H and O–H groups in total. The van der Waals surface area contributed by atoms with E-state index in [1.54, 1.807) is 25.3 Å². The Balaban J connectivity index is 1.94. The standard InChI is InChI=1S/C18H20BrN3O3/c1-2-25-18(24)13-7-9-22(10-8-13)12-14(11-20)17(23)21-16-5-3-15(19)4-6-16/h3-6,12-13H,2,7-10H2,1H3,(H,21,23)/b14-12-. The number of nitrogens with zero attached hydrogens (tertiary/aromatic N) is 2. The molecule has 1 aliphatic heterocycles. The molecule has 0 saturated carbocycles. The van der Waals surface area contributed by atoms with Crippen LogP contribution in [-0.4, -0.2) is 36.5 Å². The number of amides is 1. The number of carbonyl (C=O) groups excluding carboxylic acids is 2. The lowest BCUT2D eigenvalue weighted by Crippen LogP contribution is -2.34. The van der Waals surface area contributed by atoms with Crippen LogP contribution in [0.3, 0.4) is 0 Å². The van der Waals surface area contributed by atoms with Crippen LogP contribution in [0, 0.1) is 17.2 Å². The zero-order valence-corrected chi connectivity index (χ0v) is 15.6. The van der Waals surface area contributed by atoms with Crippen molar-refractivity contribution in [2.75, 3.05) is 25.0 Å². The molecule has 0 spiro atoms. The van der Waals surface area contributed by atoms with Crippen LogP contribution in [0.25, 0.3) is 0 Å². The number of benzene rings is 1. The van der Waals surface area contributed by atoms with Gasteiger partial charge in [0, 0.05) is 29.4 Å². The number of piperidine rings is 1. The van der Waals surface area contributed by atoms with E-state index in [0.29, 0.717) is 38.2 Å². The van der Waals surface area contributed by atoms with Gasteiger partial charge in [0.2, 0.25) is 0 Å². The van der Waals surface area contributed by atoms with Gasteiger partial charge in [-0.05, 0) is 44.0 Å². The van der Waals surface area contributed by atoms with Crippen molar-refractivity contribution in [1.29, 1.82) is 5.26 Å². The zero-order chi connectivity index (χ0) is 18.2. The maximum absolute atomic E-state index is 12.2. The van der Waals surface area contributed by atoms with Gasteiger partial charge in [-0.1, -0.05) is 15.9 Å². The van der Waals surface area contributed by atoms with Gasteiger partial charge in [-0.2, -0.15) is 5.26 Å². The minimum Gasteiger partial charge on any atom is -0.466 e. The SMILES string of the molecule is CCOC(=O)C1CCN(/C=C(/C#N)C(=O)Nc2ccc(Br)cc2)CC1. The third-order valence-corrected chi connectivity index (χ3v) is 4.46.